The van der Waals surface area contributed by atoms with E-state index in [2.05, 4.69) is 5.32 Å². The first-order valence-electron chi connectivity index (χ1n) is 5.39. The Bertz CT molecular complexity index is 227. The van der Waals surface area contributed by atoms with Crippen LogP contribution in [0.1, 0.15) is 41.0 Å². The van der Waals surface area contributed by atoms with Crippen molar-refractivity contribution >= 4 is 6.09 Å². The van der Waals surface area contributed by atoms with E-state index < -0.39 is 23.3 Å². The van der Waals surface area contributed by atoms with Crippen LogP contribution in [-0.2, 0) is 4.74 Å². The highest BCUT2D eigenvalue weighted by Gasteiger charge is 2.29. The van der Waals surface area contributed by atoms with Crippen LogP contribution in [0.25, 0.3) is 0 Å². The second kappa shape index (κ2) is 5.50. The van der Waals surface area contributed by atoms with Gasteiger partial charge in [-0.05, 0) is 41.0 Å². The quantitative estimate of drug-likeness (QED) is 0.677. The van der Waals surface area contributed by atoms with Crippen molar-refractivity contribution in [2.24, 2.45) is 0 Å². The van der Waals surface area contributed by atoms with Crippen molar-refractivity contribution in [1.29, 1.82) is 0 Å². The highest BCUT2D eigenvalue weighted by molar-refractivity contribution is 5.68. The molecule has 0 radical (unpaired) electrons. The number of rotatable bonds is 4. The first-order chi connectivity index (χ1) is 7.06. The Morgan fingerprint density at radius 1 is 1.31 bits per heavy atom. The number of carbonyl (C=O) groups excluding carboxylic acids is 1. The van der Waals surface area contributed by atoms with Gasteiger partial charge < -0.3 is 20.3 Å². The summed E-state index contributed by atoms with van der Waals surface area (Å²) >= 11 is 0. The van der Waals surface area contributed by atoms with E-state index in [0.717, 1.165) is 0 Å². The molecule has 0 heterocycles. The smallest absolute Gasteiger partial charge is 0.407 e. The van der Waals surface area contributed by atoms with Gasteiger partial charge >= 0.3 is 6.09 Å². The molecule has 96 valence electrons. The standard InChI is InChI=1S/C11H23NO4/c1-10(2,3)16-9(14)12-8(6-7-13)11(4,5)15/h8,13,15H,6-7H2,1-5H3,(H,12,14). The molecule has 0 rings (SSSR count). The molecule has 0 saturated heterocycles. The van der Waals surface area contributed by atoms with Crippen LogP contribution in [-0.4, -0.2) is 40.2 Å². The van der Waals surface area contributed by atoms with Crippen LogP contribution in [0, 0.1) is 0 Å². The van der Waals surface area contributed by atoms with Gasteiger partial charge in [-0.1, -0.05) is 0 Å². The number of alkyl carbamates (subject to hydrolysis) is 1. The number of aliphatic hydroxyl groups excluding tert-OH is 1. The number of hydrogen-bond donors (Lipinski definition) is 3. The Balaban J connectivity index is 4.36. The van der Waals surface area contributed by atoms with Crippen molar-refractivity contribution in [1.82, 2.24) is 5.32 Å². The van der Waals surface area contributed by atoms with Crippen molar-refractivity contribution in [3.05, 3.63) is 0 Å². The van der Waals surface area contributed by atoms with Gasteiger partial charge in [-0.2, -0.15) is 0 Å². The van der Waals surface area contributed by atoms with Gasteiger partial charge in [-0.15, -0.1) is 0 Å². The van der Waals surface area contributed by atoms with Crippen LogP contribution in [0.2, 0.25) is 0 Å². The summed E-state index contributed by atoms with van der Waals surface area (Å²) in [6.07, 6.45) is -0.309. The van der Waals surface area contributed by atoms with Gasteiger partial charge in [0.2, 0.25) is 0 Å². The average Bonchev–Trinajstić information content (AvgIpc) is 1.97. The molecule has 1 unspecified atom stereocenters. The van der Waals surface area contributed by atoms with Crippen molar-refractivity contribution in [3.63, 3.8) is 0 Å². The normalized spacial score (nSPS) is 14.4. The maximum absolute atomic E-state index is 11.5. The molecule has 1 amide bonds. The van der Waals surface area contributed by atoms with E-state index in [1.165, 1.54) is 0 Å². The number of amides is 1. The molecule has 0 aromatic heterocycles. The topological polar surface area (TPSA) is 78.8 Å². The third-order valence-corrected chi connectivity index (χ3v) is 1.96. The summed E-state index contributed by atoms with van der Waals surface area (Å²) in [4.78, 5) is 11.5. The van der Waals surface area contributed by atoms with E-state index >= 15 is 0 Å². The molecule has 0 fully saturated rings. The fourth-order valence-electron chi connectivity index (χ4n) is 1.18. The number of aliphatic hydroxyl groups is 2. The van der Waals surface area contributed by atoms with Gasteiger partial charge in [0.1, 0.15) is 5.60 Å². The zero-order valence-electron chi connectivity index (χ0n) is 10.7. The lowest BCUT2D eigenvalue weighted by Gasteiger charge is -2.30. The molecule has 0 bridgehead atoms. The minimum Gasteiger partial charge on any atom is -0.444 e. The Hall–Kier alpha value is -0.810. The average molecular weight is 233 g/mol. The molecule has 16 heavy (non-hydrogen) atoms. The molecule has 0 aliphatic rings. The van der Waals surface area contributed by atoms with E-state index in [-0.39, 0.29) is 13.0 Å². The minimum atomic E-state index is -1.10. The molecule has 0 saturated carbocycles. The van der Waals surface area contributed by atoms with Gasteiger partial charge in [0.25, 0.3) is 0 Å². The minimum absolute atomic E-state index is 0.107. The van der Waals surface area contributed by atoms with Crippen molar-refractivity contribution in [2.45, 2.75) is 58.3 Å². The first-order valence-corrected chi connectivity index (χ1v) is 5.39. The number of ether oxygens (including phenoxy) is 1. The van der Waals surface area contributed by atoms with Crippen LogP contribution in [0.5, 0.6) is 0 Å². The van der Waals surface area contributed by atoms with E-state index in [9.17, 15) is 9.90 Å². The SMILES string of the molecule is CC(C)(C)OC(=O)NC(CCO)C(C)(C)O. The molecule has 0 aliphatic carbocycles. The van der Waals surface area contributed by atoms with Crippen LogP contribution < -0.4 is 5.32 Å². The Morgan fingerprint density at radius 2 is 1.81 bits per heavy atom. The van der Waals surface area contributed by atoms with Gasteiger partial charge in [-0.25, -0.2) is 4.79 Å². The molecular weight excluding hydrogens is 210 g/mol. The second-order valence-corrected chi connectivity index (χ2v) is 5.36. The molecule has 3 N–H and O–H groups in total. The molecule has 1 atom stereocenters. The third-order valence-electron chi connectivity index (χ3n) is 1.96. The summed E-state index contributed by atoms with van der Waals surface area (Å²) in [7, 11) is 0. The lowest BCUT2D eigenvalue weighted by atomic mass is 9.96. The van der Waals surface area contributed by atoms with E-state index in [4.69, 9.17) is 9.84 Å². The predicted octanol–water partition coefficient (Wildman–Crippen LogP) is 1.03. The van der Waals surface area contributed by atoms with Crippen LogP contribution in [0.15, 0.2) is 0 Å². The Morgan fingerprint density at radius 3 is 2.12 bits per heavy atom. The lowest BCUT2D eigenvalue weighted by Crippen LogP contribution is -2.50. The maximum atomic E-state index is 11.5. The summed E-state index contributed by atoms with van der Waals surface area (Å²) < 4.78 is 5.07. The lowest BCUT2D eigenvalue weighted by molar-refractivity contribution is 0.0109. The van der Waals surface area contributed by atoms with E-state index in [0.29, 0.717) is 0 Å². The number of carbonyl (C=O) groups is 1. The van der Waals surface area contributed by atoms with Gasteiger partial charge in [0, 0.05) is 6.61 Å². The summed E-state index contributed by atoms with van der Waals surface area (Å²) in [5.74, 6) is 0. The van der Waals surface area contributed by atoms with Crippen LogP contribution >= 0.6 is 0 Å². The van der Waals surface area contributed by atoms with Crippen molar-refractivity contribution in [3.8, 4) is 0 Å². The fraction of sp³-hybridized carbons (Fsp3) is 0.909. The third kappa shape index (κ3) is 6.63. The summed E-state index contributed by atoms with van der Waals surface area (Å²) in [6, 6.07) is -0.535. The van der Waals surface area contributed by atoms with E-state index in [1.54, 1.807) is 34.6 Å². The van der Waals surface area contributed by atoms with Gasteiger partial charge in [0.15, 0.2) is 0 Å². The van der Waals surface area contributed by atoms with Crippen LogP contribution in [0.4, 0.5) is 4.79 Å². The predicted molar refractivity (Wildman–Crippen MR) is 61.2 cm³/mol. The van der Waals surface area contributed by atoms with Crippen molar-refractivity contribution < 1.29 is 19.7 Å². The zero-order chi connectivity index (χ0) is 13.0. The molecule has 0 aromatic carbocycles. The summed E-state index contributed by atoms with van der Waals surface area (Å²) in [6.45, 7) is 8.33. The monoisotopic (exact) mass is 233 g/mol. The van der Waals surface area contributed by atoms with Crippen molar-refractivity contribution in [2.75, 3.05) is 6.61 Å². The maximum Gasteiger partial charge on any atom is 0.407 e. The second-order valence-electron chi connectivity index (χ2n) is 5.36. The Labute approximate surface area is 96.8 Å². The van der Waals surface area contributed by atoms with E-state index in [1.807, 2.05) is 0 Å². The van der Waals surface area contributed by atoms with Crippen LogP contribution in [0.3, 0.4) is 0 Å². The molecule has 0 aromatic rings. The molecule has 0 aliphatic heterocycles. The molecule has 5 nitrogen and oxygen atoms in total. The fourth-order valence-corrected chi connectivity index (χ4v) is 1.18. The highest BCUT2D eigenvalue weighted by atomic mass is 16.6. The first kappa shape index (κ1) is 15.2. The van der Waals surface area contributed by atoms with Gasteiger partial charge in [0.05, 0.1) is 11.6 Å². The molecular formula is C11H23NO4. The highest BCUT2D eigenvalue weighted by Crippen LogP contribution is 2.13. The Kier molecular flexibility index (Phi) is 5.22. The molecule has 5 heteroatoms. The van der Waals surface area contributed by atoms with Gasteiger partial charge in [-0.3, -0.25) is 0 Å². The molecule has 0 spiro atoms. The number of nitrogens with one attached hydrogen (secondary N) is 1. The largest absolute Gasteiger partial charge is 0.444 e. The number of hydrogen-bond acceptors (Lipinski definition) is 4. The summed E-state index contributed by atoms with van der Waals surface area (Å²) in [5.41, 5.74) is -1.67. The zero-order valence-corrected chi connectivity index (χ0v) is 10.7. The summed E-state index contributed by atoms with van der Waals surface area (Å²) in [5, 5.41) is 21.2.